The molecule has 19 heavy (non-hydrogen) atoms. The summed E-state index contributed by atoms with van der Waals surface area (Å²) in [6, 6.07) is -0.495. The van der Waals surface area contributed by atoms with Crippen LogP contribution < -0.4 is 10.2 Å². The van der Waals surface area contributed by atoms with Gasteiger partial charge < -0.3 is 10.0 Å². The third kappa shape index (κ3) is 2.43. The van der Waals surface area contributed by atoms with Gasteiger partial charge in [-0.25, -0.2) is 9.78 Å². The first-order valence-corrected chi connectivity index (χ1v) is 6.56. The van der Waals surface area contributed by atoms with Crippen LogP contribution in [0.2, 0.25) is 0 Å². The Balaban J connectivity index is 2.38. The second kappa shape index (κ2) is 4.96. The van der Waals surface area contributed by atoms with Gasteiger partial charge in [0, 0.05) is 4.88 Å². The topological polar surface area (TPSA) is 99.6 Å². The number of imide groups is 1. The van der Waals surface area contributed by atoms with E-state index < -0.39 is 17.9 Å². The highest BCUT2D eigenvalue weighted by atomic mass is 32.1. The van der Waals surface area contributed by atoms with Crippen LogP contribution >= 0.6 is 11.3 Å². The van der Waals surface area contributed by atoms with Crippen molar-refractivity contribution in [1.29, 1.82) is 0 Å². The number of nitrogens with one attached hydrogen (secondary N) is 1. The zero-order chi connectivity index (χ0) is 14.2. The highest BCUT2D eigenvalue weighted by molar-refractivity contribution is 7.15. The van der Waals surface area contributed by atoms with E-state index in [1.54, 1.807) is 11.8 Å². The van der Waals surface area contributed by atoms with Gasteiger partial charge in [0.05, 0.1) is 0 Å². The Labute approximate surface area is 113 Å². The lowest BCUT2D eigenvalue weighted by molar-refractivity contribution is -0.132. The lowest BCUT2D eigenvalue weighted by Gasteiger charge is -2.32. The Morgan fingerprint density at radius 3 is 2.79 bits per heavy atom. The van der Waals surface area contributed by atoms with Crippen molar-refractivity contribution >= 4 is 34.3 Å². The molecule has 1 unspecified atom stereocenters. The summed E-state index contributed by atoms with van der Waals surface area (Å²) in [5, 5.41) is 11.6. The van der Waals surface area contributed by atoms with Crippen LogP contribution in [0.5, 0.6) is 0 Å². The molecule has 0 radical (unpaired) electrons. The van der Waals surface area contributed by atoms with Gasteiger partial charge in [0.15, 0.2) is 10.8 Å². The minimum atomic E-state index is -1.11. The molecule has 1 aliphatic heterocycles. The van der Waals surface area contributed by atoms with Crippen LogP contribution in [0.3, 0.4) is 0 Å². The highest BCUT2D eigenvalue weighted by Gasteiger charge is 2.34. The maximum absolute atomic E-state index is 11.7. The first kappa shape index (κ1) is 13.5. The molecular formula is C11H13N3O4S. The van der Waals surface area contributed by atoms with Gasteiger partial charge in [-0.3, -0.25) is 14.9 Å². The molecule has 0 saturated carbocycles. The van der Waals surface area contributed by atoms with E-state index >= 15 is 0 Å². The summed E-state index contributed by atoms with van der Waals surface area (Å²) >= 11 is 1.17. The van der Waals surface area contributed by atoms with Crippen LogP contribution in [0.1, 0.15) is 28.7 Å². The molecule has 2 rings (SSSR count). The number of piperazine rings is 1. The van der Waals surface area contributed by atoms with Crippen LogP contribution in [0, 0.1) is 6.92 Å². The molecule has 1 aliphatic rings. The summed E-state index contributed by atoms with van der Waals surface area (Å²) in [5.41, 5.74) is -0.0340. The van der Waals surface area contributed by atoms with Crippen molar-refractivity contribution in [3.63, 3.8) is 0 Å². The fraction of sp³-hybridized carbons (Fsp3) is 0.455. The Hall–Kier alpha value is -1.96. The molecule has 0 aliphatic carbocycles. The van der Waals surface area contributed by atoms with Gasteiger partial charge >= 0.3 is 5.97 Å². The van der Waals surface area contributed by atoms with Gasteiger partial charge in [-0.1, -0.05) is 6.92 Å². The van der Waals surface area contributed by atoms with Crippen molar-refractivity contribution in [2.45, 2.75) is 26.3 Å². The van der Waals surface area contributed by atoms with Gasteiger partial charge in [0.2, 0.25) is 11.8 Å². The smallest absolute Gasteiger partial charge is 0.355 e. The van der Waals surface area contributed by atoms with Crippen molar-refractivity contribution in [2.24, 2.45) is 0 Å². The maximum atomic E-state index is 11.7. The summed E-state index contributed by atoms with van der Waals surface area (Å²) in [6.45, 7) is 3.49. The third-order valence-electron chi connectivity index (χ3n) is 2.88. The number of carbonyl (C=O) groups is 3. The van der Waals surface area contributed by atoms with Crippen LogP contribution in [0.4, 0.5) is 5.13 Å². The van der Waals surface area contributed by atoms with Crippen LogP contribution in [-0.2, 0) is 9.59 Å². The van der Waals surface area contributed by atoms with Crippen molar-refractivity contribution in [1.82, 2.24) is 10.3 Å². The number of anilines is 1. The predicted octanol–water partition coefficient (Wildman–Crippen LogP) is 0.391. The molecule has 102 valence electrons. The first-order chi connectivity index (χ1) is 8.93. The van der Waals surface area contributed by atoms with Gasteiger partial charge in [-0.15, -0.1) is 11.3 Å². The molecule has 1 saturated heterocycles. The molecule has 7 nitrogen and oxygen atoms in total. The Bertz CT molecular complexity index is 554. The van der Waals surface area contributed by atoms with Gasteiger partial charge in [-0.2, -0.15) is 0 Å². The van der Waals surface area contributed by atoms with Crippen molar-refractivity contribution < 1.29 is 19.5 Å². The lowest BCUT2D eigenvalue weighted by Crippen LogP contribution is -2.58. The Kier molecular flexibility index (Phi) is 3.52. The molecular weight excluding hydrogens is 270 g/mol. The van der Waals surface area contributed by atoms with E-state index in [0.29, 0.717) is 16.4 Å². The number of aromatic nitrogens is 1. The highest BCUT2D eigenvalue weighted by Crippen LogP contribution is 2.28. The summed E-state index contributed by atoms with van der Waals surface area (Å²) < 4.78 is 0. The third-order valence-corrected chi connectivity index (χ3v) is 3.88. The van der Waals surface area contributed by atoms with Gasteiger partial charge in [0.25, 0.3) is 0 Å². The van der Waals surface area contributed by atoms with Gasteiger partial charge in [0.1, 0.15) is 12.6 Å². The summed E-state index contributed by atoms with van der Waals surface area (Å²) in [6.07, 6.45) is 0.514. The fourth-order valence-electron chi connectivity index (χ4n) is 1.98. The quantitative estimate of drug-likeness (QED) is 0.778. The van der Waals surface area contributed by atoms with E-state index in [0.717, 1.165) is 0 Å². The average molecular weight is 283 g/mol. The number of amides is 2. The molecule has 1 aromatic rings. The SMILES string of the molecule is CCC1C(=O)NC(=O)CN1c1nc(C(=O)O)c(C)s1. The summed E-state index contributed by atoms with van der Waals surface area (Å²) in [5.74, 6) is -1.89. The lowest BCUT2D eigenvalue weighted by atomic mass is 10.1. The monoisotopic (exact) mass is 283 g/mol. The summed E-state index contributed by atoms with van der Waals surface area (Å²) in [4.78, 5) is 40.3. The number of carboxylic acids is 1. The maximum Gasteiger partial charge on any atom is 0.355 e. The van der Waals surface area contributed by atoms with E-state index in [1.807, 2.05) is 6.92 Å². The van der Waals surface area contributed by atoms with Crippen molar-refractivity contribution in [3.05, 3.63) is 10.6 Å². The number of carboxylic acid groups (broad SMARTS) is 1. The molecule has 8 heteroatoms. The Morgan fingerprint density at radius 1 is 1.58 bits per heavy atom. The normalized spacial score (nSPS) is 19.5. The van der Waals surface area contributed by atoms with E-state index in [4.69, 9.17) is 5.11 Å². The predicted molar refractivity (Wildman–Crippen MR) is 68.4 cm³/mol. The number of nitrogens with zero attached hydrogens (tertiary/aromatic N) is 2. The first-order valence-electron chi connectivity index (χ1n) is 5.75. The molecule has 1 aromatic heterocycles. The number of hydrogen-bond acceptors (Lipinski definition) is 6. The number of rotatable bonds is 3. The number of carbonyl (C=O) groups excluding carboxylic acids is 2. The molecule has 2 heterocycles. The standard InChI is InChI=1S/C11H13N3O4S/c1-3-6-9(16)12-7(15)4-14(6)11-13-8(10(17)18)5(2)19-11/h6H,3-4H2,1-2H3,(H,17,18)(H,12,15,16). The minimum absolute atomic E-state index is 0.0102. The molecule has 2 N–H and O–H groups in total. The van der Waals surface area contributed by atoms with Crippen LogP contribution in [0.15, 0.2) is 0 Å². The minimum Gasteiger partial charge on any atom is -0.476 e. The second-order valence-electron chi connectivity index (χ2n) is 4.17. The number of aryl methyl sites for hydroxylation is 1. The fourth-order valence-corrected chi connectivity index (χ4v) is 2.93. The molecule has 0 bridgehead atoms. The number of hydrogen-bond donors (Lipinski definition) is 2. The zero-order valence-corrected chi connectivity index (χ0v) is 11.3. The molecule has 0 spiro atoms. The van der Waals surface area contributed by atoms with Crippen molar-refractivity contribution in [2.75, 3.05) is 11.4 Å². The molecule has 1 atom stereocenters. The average Bonchev–Trinajstić information content (AvgIpc) is 2.70. The van der Waals surface area contributed by atoms with Gasteiger partial charge in [-0.05, 0) is 13.3 Å². The van der Waals surface area contributed by atoms with Crippen molar-refractivity contribution in [3.8, 4) is 0 Å². The molecule has 2 amide bonds. The number of thiazole rings is 1. The van der Waals surface area contributed by atoms with E-state index in [9.17, 15) is 14.4 Å². The van der Waals surface area contributed by atoms with Crippen LogP contribution in [0.25, 0.3) is 0 Å². The Morgan fingerprint density at radius 2 is 2.26 bits per heavy atom. The molecule has 0 aromatic carbocycles. The largest absolute Gasteiger partial charge is 0.476 e. The van der Waals surface area contributed by atoms with E-state index in [2.05, 4.69) is 10.3 Å². The second-order valence-corrected chi connectivity index (χ2v) is 5.35. The van der Waals surface area contributed by atoms with E-state index in [-0.39, 0.29) is 18.1 Å². The van der Waals surface area contributed by atoms with E-state index in [1.165, 1.54) is 11.3 Å². The molecule has 1 fully saturated rings. The zero-order valence-electron chi connectivity index (χ0n) is 10.5. The number of aromatic carboxylic acids is 1. The summed E-state index contributed by atoms with van der Waals surface area (Å²) in [7, 11) is 0. The van der Waals surface area contributed by atoms with Crippen LogP contribution in [-0.4, -0.2) is 40.5 Å².